The zero-order valence-electron chi connectivity index (χ0n) is 15.3. The first-order chi connectivity index (χ1) is 10.9. The Morgan fingerprint density at radius 3 is 2.35 bits per heavy atom. The first-order valence-corrected chi connectivity index (χ1v) is 10.1. The molecule has 0 radical (unpaired) electrons. The Bertz CT molecular complexity index is 502. The summed E-state index contributed by atoms with van der Waals surface area (Å²) < 4.78 is 0. The summed E-state index contributed by atoms with van der Waals surface area (Å²) in [7, 11) is 0. The van der Waals surface area contributed by atoms with E-state index in [2.05, 4.69) is 13.8 Å². The van der Waals surface area contributed by atoms with Crippen LogP contribution in [0.5, 0.6) is 0 Å². The van der Waals surface area contributed by atoms with E-state index in [1.54, 1.807) is 0 Å². The molecule has 23 heavy (non-hydrogen) atoms. The minimum atomic E-state index is 0.307. The lowest BCUT2D eigenvalue weighted by Gasteiger charge is -2.61. The standard InChI is InChI=1S/C21H35NO/c1-13(23)17-6-7-18-16-5-4-14-12-15(22)8-10-20(14,2)19(16)9-11-21(17,18)3/h14-19H,4-12,22H2,1-3H3/t14-,15+,16-,17+,18-,19+,20+,21+/m0/s1. The summed E-state index contributed by atoms with van der Waals surface area (Å²) in [6.45, 7) is 6.89. The molecule has 0 aromatic rings. The van der Waals surface area contributed by atoms with E-state index >= 15 is 0 Å². The Balaban J connectivity index is 1.61. The molecule has 0 saturated heterocycles. The van der Waals surface area contributed by atoms with Crippen LogP contribution in [0.25, 0.3) is 0 Å². The van der Waals surface area contributed by atoms with Gasteiger partial charge in [0.2, 0.25) is 0 Å². The average molecular weight is 318 g/mol. The van der Waals surface area contributed by atoms with Crippen LogP contribution in [0.4, 0.5) is 0 Å². The van der Waals surface area contributed by atoms with Crippen molar-refractivity contribution in [1.29, 1.82) is 0 Å². The maximum Gasteiger partial charge on any atom is 0.133 e. The fourth-order valence-electron chi connectivity index (χ4n) is 7.96. The third-order valence-corrected chi connectivity index (χ3v) is 9.20. The molecule has 4 saturated carbocycles. The summed E-state index contributed by atoms with van der Waals surface area (Å²) in [5, 5.41) is 0. The fourth-order valence-corrected chi connectivity index (χ4v) is 7.96. The summed E-state index contributed by atoms with van der Waals surface area (Å²) in [5.41, 5.74) is 7.13. The van der Waals surface area contributed by atoms with Crippen LogP contribution in [0, 0.1) is 40.4 Å². The molecule has 0 aliphatic heterocycles. The molecule has 2 heteroatoms. The maximum atomic E-state index is 12.2. The minimum absolute atomic E-state index is 0.307. The van der Waals surface area contributed by atoms with Gasteiger partial charge in [-0.15, -0.1) is 0 Å². The highest BCUT2D eigenvalue weighted by molar-refractivity contribution is 5.79. The predicted molar refractivity (Wildman–Crippen MR) is 93.9 cm³/mol. The Kier molecular flexibility index (Phi) is 3.72. The van der Waals surface area contributed by atoms with Gasteiger partial charge in [-0.2, -0.15) is 0 Å². The molecule has 2 N–H and O–H groups in total. The average Bonchev–Trinajstić information content (AvgIpc) is 2.85. The molecule has 4 rings (SSSR count). The van der Waals surface area contributed by atoms with Gasteiger partial charge < -0.3 is 5.73 Å². The van der Waals surface area contributed by atoms with Crippen molar-refractivity contribution in [2.24, 2.45) is 46.2 Å². The zero-order valence-corrected chi connectivity index (χ0v) is 15.3. The summed E-state index contributed by atoms with van der Waals surface area (Å²) in [5.74, 6) is 4.26. The van der Waals surface area contributed by atoms with Crippen LogP contribution in [-0.4, -0.2) is 11.8 Å². The van der Waals surface area contributed by atoms with Gasteiger partial charge in [0.05, 0.1) is 0 Å². The fraction of sp³-hybridized carbons (Fsp3) is 0.952. The lowest BCUT2D eigenvalue weighted by atomic mass is 9.44. The van der Waals surface area contributed by atoms with Crippen molar-refractivity contribution in [3.63, 3.8) is 0 Å². The molecule has 0 aromatic heterocycles. The van der Waals surface area contributed by atoms with Crippen LogP contribution in [0.3, 0.4) is 0 Å². The molecular formula is C21H35NO. The van der Waals surface area contributed by atoms with E-state index < -0.39 is 0 Å². The van der Waals surface area contributed by atoms with Gasteiger partial charge in [0.1, 0.15) is 5.78 Å². The molecule has 4 fully saturated rings. The van der Waals surface area contributed by atoms with Crippen molar-refractivity contribution in [2.45, 2.75) is 84.6 Å². The normalized spacial score (nSPS) is 55.7. The van der Waals surface area contributed by atoms with E-state index in [-0.39, 0.29) is 0 Å². The Hall–Kier alpha value is -0.370. The van der Waals surface area contributed by atoms with Crippen LogP contribution in [0.2, 0.25) is 0 Å². The third kappa shape index (κ3) is 2.19. The summed E-state index contributed by atoms with van der Waals surface area (Å²) >= 11 is 0. The SMILES string of the molecule is CC(=O)[C@H]1CC[C@H]2[C@@H]3CC[C@H]4C[C@H](N)CC[C@@]4(C)[C@@H]3CC[C@]12C. The lowest BCUT2D eigenvalue weighted by Crippen LogP contribution is -2.54. The highest BCUT2D eigenvalue weighted by Crippen LogP contribution is 2.67. The van der Waals surface area contributed by atoms with E-state index in [1.807, 2.05) is 6.92 Å². The van der Waals surface area contributed by atoms with Gasteiger partial charge in [0.25, 0.3) is 0 Å². The summed E-state index contributed by atoms with van der Waals surface area (Å²) in [6.07, 6.45) is 11.8. The maximum absolute atomic E-state index is 12.2. The topological polar surface area (TPSA) is 43.1 Å². The largest absolute Gasteiger partial charge is 0.328 e. The number of hydrogen-bond acceptors (Lipinski definition) is 2. The number of carbonyl (C=O) groups is 1. The van der Waals surface area contributed by atoms with Gasteiger partial charge in [-0.1, -0.05) is 13.8 Å². The van der Waals surface area contributed by atoms with E-state index in [0.717, 1.165) is 30.1 Å². The third-order valence-electron chi connectivity index (χ3n) is 9.20. The Morgan fingerprint density at radius 2 is 1.61 bits per heavy atom. The van der Waals surface area contributed by atoms with E-state index in [9.17, 15) is 4.79 Å². The smallest absolute Gasteiger partial charge is 0.133 e. The molecule has 8 atom stereocenters. The minimum Gasteiger partial charge on any atom is -0.328 e. The highest BCUT2D eigenvalue weighted by Gasteiger charge is 2.60. The number of nitrogens with two attached hydrogens (primary N) is 1. The van der Waals surface area contributed by atoms with Crippen LogP contribution in [0.1, 0.15) is 78.6 Å². The van der Waals surface area contributed by atoms with Gasteiger partial charge >= 0.3 is 0 Å². The molecule has 0 amide bonds. The lowest BCUT2D eigenvalue weighted by molar-refractivity contribution is -0.134. The summed E-state index contributed by atoms with van der Waals surface area (Å²) in [6, 6.07) is 0.451. The van der Waals surface area contributed by atoms with Crippen LogP contribution in [-0.2, 0) is 4.79 Å². The highest BCUT2D eigenvalue weighted by atomic mass is 16.1. The molecule has 4 aliphatic rings. The molecule has 2 nitrogen and oxygen atoms in total. The quantitative estimate of drug-likeness (QED) is 0.770. The number of ketones is 1. The van der Waals surface area contributed by atoms with E-state index in [1.165, 1.54) is 51.4 Å². The van der Waals surface area contributed by atoms with Gasteiger partial charge in [0, 0.05) is 12.0 Å². The van der Waals surface area contributed by atoms with Crippen LogP contribution in [0.15, 0.2) is 0 Å². The first-order valence-electron chi connectivity index (χ1n) is 10.1. The molecule has 0 spiro atoms. The molecule has 0 aromatic carbocycles. The van der Waals surface area contributed by atoms with Gasteiger partial charge in [-0.25, -0.2) is 0 Å². The van der Waals surface area contributed by atoms with E-state index in [4.69, 9.17) is 5.73 Å². The van der Waals surface area contributed by atoms with Crippen molar-refractivity contribution < 1.29 is 4.79 Å². The van der Waals surface area contributed by atoms with Gasteiger partial charge in [-0.05, 0) is 99.2 Å². The second-order valence-electron chi connectivity index (χ2n) is 9.98. The van der Waals surface area contributed by atoms with Crippen molar-refractivity contribution in [1.82, 2.24) is 0 Å². The number of carbonyl (C=O) groups excluding carboxylic acids is 1. The van der Waals surface area contributed by atoms with Crippen LogP contribution < -0.4 is 5.73 Å². The second-order valence-corrected chi connectivity index (χ2v) is 9.98. The molecule has 0 unspecified atom stereocenters. The van der Waals surface area contributed by atoms with Crippen molar-refractivity contribution in [2.75, 3.05) is 0 Å². The summed E-state index contributed by atoms with van der Waals surface area (Å²) in [4.78, 5) is 12.2. The zero-order chi connectivity index (χ0) is 16.4. The van der Waals surface area contributed by atoms with Gasteiger partial charge in [-0.3, -0.25) is 4.79 Å². The van der Waals surface area contributed by atoms with Crippen LogP contribution >= 0.6 is 0 Å². The number of hydrogen-bond donors (Lipinski definition) is 1. The molecule has 130 valence electrons. The first kappa shape index (κ1) is 16.1. The monoisotopic (exact) mass is 317 g/mol. The number of rotatable bonds is 1. The van der Waals surface area contributed by atoms with E-state index in [0.29, 0.717) is 28.6 Å². The Labute approximate surface area is 142 Å². The number of fused-ring (bicyclic) bond motifs is 5. The molecule has 4 aliphatic carbocycles. The molecule has 0 bridgehead atoms. The van der Waals surface area contributed by atoms with Crippen molar-refractivity contribution in [3.8, 4) is 0 Å². The number of Topliss-reactive ketones (excluding diaryl/α,β-unsaturated/α-hetero) is 1. The molecular weight excluding hydrogens is 282 g/mol. The van der Waals surface area contributed by atoms with Gasteiger partial charge in [0.15, 0.2) is 0 Å². The van der Waals surface area contributed by atoms with Crippen molar-refractivity contribution >= 4 is 5.78 Å². The second kappa shape index (κ2) is 5.31. The predicted octanol–water partition coefficient (Wildman–Crippen LogP) is 4.56. The molecule has 0 heterocycles. The van der Waals surface area contributed by atoms with Crippen molar-refractivity contribution in [3.05, 3.63) is 0 Å². The Morgan fingerprint density at radius 1 is 0.913 bits per heavy atom.